The maximum Gasteiger partial charge on any atom is 1.00 e. The van der Waals surface area contributed by atoms with E-state index >= 15 is 0 Å². The van der Waals surface area contributed by atoms with E-state index in [-0.39, 0.29) is 26.3 Å². The van der Waals surface area contributed by atoms with E-state index in [1.807, 2.05) is 0 Å². The van der Waals surface area contributed by atoms with E-state index in [4.69, 9.17) is 0 Å². The van der Waals surface area contributed by atoms with Crippen LogP contribution in [-0.2, 0) is 0 Å². The molecule has 0 radical (unpaired) electrons. The summed E-state index contributed by atoms with van der Waals surface area (Å²) in [6, 6.07) is 0. The third-order valence-electron chi connectivity index (χ3n) is 2.95. The summed E-state index contributed by atoms with van der Waals surface area (Å²) in [6.07, 6.45) is 8.85. The van der Waals surface area contributed by atoms with E-state index in [0.717, 1.165) is 11.8 Å². The van der Waals surface area contributed by atoms with Gasteiger partial charge in [-0.3, -0.25) is 0 Å². The monoisotopic (exact) mass is 162 g/mol. The fraction of sp³-hybridized carbons (Fsp3) is 0.909. The molecule has 1 unspecified atom stereocenters. The van der Waals surface area contributed by atoms with Gasteiger partial charge in [-0.05, 0) is 11.8 Å². The van der Waals surface area contributed by atoms with Gasteiger partial charge in [0.05, 0.1) is 0 Å². The van der Waals surface area contributed by atoms with Crippen LogP contribution in [0.5, 0.6) is 0 Å². The maximum atomic E-state index is 2.43. The Kier molecular flexibility index (Phi) is 10.3. The zero-order chi connectivity index (χ0) is 7.40. The third kappa shape index (κ3) is 4.58. The van der Waals surface area contributed by atoms with Crippen LogP contribution in [0.25, 0.3) is 0 Å². The summed E-state index contributed by atoms with van der Waals surface area (Å²) in [6.45, 7) is 4.73. The van der Waals surface area contributed by atoms with E-state index in [1.165, 1.54) is 38.5 Å². The summed E-state index contributed by atoms with van der Waals surface area (Å²) in [7, 11) is 0. The molecular formula is C11H23Li. The first-order valence-electron chi connectivity index (χ1n) is 4.84. The van der Waals surface area contributed by atoms with Gasteiger partial charge >= 0.3 is 18.9 Å². The molecule has 12 heavy (non-hydrogen) atoms. The number of hydrogen-bond donors (Lipinski definition) is 0. The smallest absolute Gasteiger partial charge is 0.358 e. The van der Waals surface area contributed by atoms with Crippen LogP contribution in [0.15, 0.2) is 0 Å². The molecule has 1 aliphatic rings. The van der Waals surface area contributed by atoms with Crippen molar-refractivity contribution in [2.24, 2.45) is 11.8 Å². The molecule has 1 heteroatoms. The van der Waals surface area contributed by atoms with E-state index in [2.05, 4.69) is 13.8 Å². The molecule has 0 aromatic heterocycles. The molecule has 68 valence electrons. The van der Waals surface area contributed by atoms with Crippen LogP contribution in [0.3, 0.4) is 0 Å². The standard InChI is InChI=1S/C10H20.CH3.Li/c1-3-6-9(2)10-7-4-5-8-10;;/h9-10H,3-8H2,1-2H3;1H3;/q;-1;+1. The number of hydrogen-bond acceptors (Lipinski definition) is 0. The van der Waals surface area contributed by atoms with Gasteiger partial charge in [0.1, 0.15) is 0 Å². The largest absolute Gasteiger partial charge is 1.00 e. The maximum absolute atomic E-state index is 2.43. The van der Waals surface area contributed by atoms with Gasteiger partial charge in [-0.1, -0.05) is 52.4 Å². The van der Waals surface area contributed by atoms with Crippen molar-refractivity contribution in [3.63, 3.8) is 0 Å². The molecule has 0 aliphatic heterocycles. The molecule has 0 amide bonds. The molecule has 1 rings (SSSR count). The van der Waals surface area contributed by atoms with Gasteiger partial charge in [0, 0.05) is 0 Å². The van der Waals surface area contributed by atoms with Crippen LogP contribution in [-0.4, -0.2) is 0 Å². The van der Waals surface area contributed by atoms with Crippen LogP contribution in [0.4, 0.5) is 0 Å². The predicted octanol–water partition coefficient (Wildman–Crippen LogP) is 1.07. The first kappa shape index (κ1) is 15.1. The van der Waals surface area contributed by atoms with Crippen LogP contribution in [0.1, 0.15) is 52.4 Å². The zero-order valence-corrected chi connectivity index (χ0v) is 9.40. The summed E-state index contributed by atoms with van der Waals surface area (Å²) in [5.41, 5.74) is 0. The molecule has 0 aromatic rings. The molecular weight excluding hydrogens is 139 g/mol. The zero-order valence-electron chi connectivity index (χ0n) is 9.40. The van der Waals surface area contributed by atoms with Crippen molar-refractivity contribution in [3.05, 3.63) is 7.43 Å². The van der Waals surface area contributed by atoms with Crippen molar-refractivity contribution < 1.29 is 18.9 Å². The Hall–Kier alpha value is 0.597. The molecule has 1 fully saturated rings. The van der Waals surface area contributed by atoms with Crippen LogP contribution in [0, 0.1) is 19.3 Å². The van der Waals surface area contributed by atoms with Crippen molar-refractivity contribution in [2.45, 2.75) is 52.4 Å². The Morgan fingerprint density at radius 1 is 1.25 bits per heavy atom. The Morgan fingerprint density at radius 3 is 2.17 bits per heavy atom. The Morgan fingerprint density at radius 2 is 1.75 bits per heavy atom. The normalized spacial score (nSPS) is 19.5. The third-order valence-corrected chi connectivity index (χ3v) is 2.95. The average Bonchev–Trinajstić information content (AvgIpc) is 2.38. The summed E-state index contributed by atoms with van der Waals surface area (Å²) in [5.74, 6) is 2.09. The minimum Gasteiger partial charge on any atom is -0.358 e. The van der Waals surface area contributed by atoms with E-state index in [9.17, 15) is 0 Å². The van der Waals surface area contributed by atoms with E-state index in [1.54, 1.807) is 0 Å². The molecule has 0 N–H and O–H groups in total. The van der Waals surface area contributed by atoms with Gasteiger partial charge in [-0.2, -0.15) is 0 Å². The molecule has 0 saturated heterocycles. The Bertz CT molecular complexity index is 85.0. The van der Waals surface area contributed by atoms with Crippen molar-refractivity contribution in [3.8, 4) is 0 Å². The second-order valence-electron chi connectivity index (χ2n) is 3.81. The van der Waals surface area contributed by atoms with E-state index in [0.29, 0.717) is 0 Å². The van der Waals surface area contributed by atoms with Crippen molar-refractivity contribution in [1.82, 2.24) is 0 Å². The molecule has 1 saturated carbocycles. The molecule has 0 heterocycles. The molecule has 0 bridgehead atoms. The Balaban J connectivity index is 0. The topological polar surface area (TPSA) is 0 Å². The van der Waals surface area contributed by atoms with Gasteiger partial charge in [-0.25, -0.2) is 0 Å². The van der Waals surface area contributed by atoms with E-state index < -0.39 is 0 Å². The van der Waals surface area contributed by atoms with Gasteiger partial charge in [0.2, 0.25) is 0 Å². The van der Waals surface area contributed by atoms with Crippen molar-refractivity contribution in [2.75, 3.05) is 0 Å². The van der Waals surface area contributed by atoms with Crippen LogP contribution < -0.4 is 18.9 Å². The minimum absolute atomic E-state index is 0. The fourth-order valence-corrected chi connectivity index (χ4v) is 2.22. The minimum atomic E-state index is 0. The number of rotatable bonds is 3. The first-order chi connectivity index (χ1) is 4.84. The summed E-state index contributed by atoms with van der Waals surface area (Å²) in [5, 5.41) is 0. The summed E-state index contributed by atoms with van der Waals surface area (Å²) >= 11 is 0. The van der Waals surface area contributed by atoms with Gasteiger partial charge in [0.25, 0.3) is 0 Å². The molecule has 0 aromatic carbocycles. The second-order valence-corrected chi connectivity index (χ2v) is 3.81. The average molecular weight is 162 g/mol. The fourth-order valence-electron chi connectivity index (χ4n) is 2.22. The molecule has 1 aliphatic carbocycles. The van der Waals surface area contributed by atoms with Crippen molar-refractivity contribution >= 4 is 0 Å². The van der Waals surface area contributed by atoms with Gasteiger partial charge < -0.3 is 7.43 Å². The predicted molar refractivity (Wildman–Crippen MR) is 52.4 cm³/mol. The molecule has 0 spiro atoms. The molecule has 0 nitrogen and oxygen atoms in total. The van der Waals surface area contributed by atoms with Crippen LogP contribution in [0.2, 0.25) is 0 Å². The van der Waals surface area contributed by atoms with Crippen LogP contribution >= 0.6 is 0 Å². The van der Waals surface area contributed by atoms with Crippen molar-refractivity contribution in [1.29, 1.82) is 0 Å². The SMILES string of the molecule is CCCC(C)C1CCCC1.[CH3-].[Li+]. The van der Waals surface area contributed by atoms with Gasteiger partial charge in [-0.15, -0.1) is 0 Å². The second kappa shape index (κ2) is 8.21. The quantitative estimate of drug-likeness (QED) is 0.430. The Labute approximate surface area is 90.7 Å². The summed E-state index contributed by atoms with van der Waals surface area (Å²) < 4.78 is 0. The molecule has 1 atom stereocenters. The van der Waals surface area contributed by atoms with Gasteiger partial charge in [0.15, 0.2) is 0 Å². The first-order valence-corrected chi connectivity index (χ1v) is 4.84. The summed E-state index contributed by atoms with van der Waals surface area (Å²) in [4.78, 5) is 0.